The van der Waals surface area contributed by atoms with Crippen molar-refractivity contribution in [2.75, 3.05) is 6.54 Å². The fourth-order valence-corrected chi connectivity index (χ4v) is 0.123. The lowest BCUT2D eigenvalue weighted by Gasteiger charge is -1.87. The molecule has 0 aliphatic carbocycles. The highest BCUT2D eigenvalue weighted by Gasteiger charge is 1.72. The van der Waals surface area contributed by atoms with E-state index in [-0.39, 0.29) is 0 Å². The molecule has 40 valence electrons. The zero-order chi connectivity index (χ0) is 5.54. The molecule has 0 aromatic carbocycles. The van der Waals surface area contributed by atoms with Crippen LogP contribution in [0, 0.1) is 4.91 Å². The van der Waals surface area contributed by atoms with Gasteiger partial charge in [-0.25, -0.2) is 0 Å². The molecule has 0 spiro atoms. The van der Waals surface area contributed by atoms with Crippen LogP contribution in [0.2, 0.25) is 0 Å². The molecule has 7 heavy (non-hydrogen) atoms. The van der Waals surface area contributed by atoms with E-state index in [0.717, 1.165) is 0 Å². The van der Waals surface area contributed by atoms with E-state index in [9.17, 15) is 0 Å². The molecule has 0 bridgehead atoms. The molecule has 0 amide bonds. The Bertz CT molecular complexity index is 56.0. The Morgan fingerprint density at radius 3 is 3.14 bits per heavy atom. The van der Waals surface area contributed by atoms with Crippen molar-refractivity contribution in [3.63, 3.8) is 0 Å². The normalized spacial score (nSPS) is 7.43. The molecule has 0 atom stereocenters. The zero-order valence-electron chi connectivity index (χ0n) is 3.76. The van der Waals surface area contributed by atoms with Gasteiger partial charge in [-0.3, -0.25) is 4.94 Å². The third kappa shape index (κ3) is 5.10. The summed E-state index contributed by atoms with van der Waals surface area (Å²) in [4.78, 5) is 12.9. The van der Waals surface area contributed by atoms with Crippen LogP contribution in [0.4, 0.5) is 0 Å². The SMILES string of the molecule is C=CCNON=O. The number of nitrogens with one attached hydrogen (secondary N) is 1. The van der Waals surface area contributed by atoms with Gasteiger partial charge in [0.2, 0.25) is 0 Å². The standard InChI is InChI=1S/C3H6N2O2/c1-2-3-4-7-5-6/h2,4H,1,3H2. The van der Waals surface area contributed by atoms with Gasteiger partial charge in [-0.2, -0.15) is 0 Å². The molecular weight excluding hydrogens is 96.0 g/mol. The van der Waals surface area contributed by atoms with E-state index in [2.05, 4.69) is 22.3 Å². The van der Waals surface area contributed by atoms with Gasteiger partial charge < -0.3 is 0 Å². The first kappa shape index (κ1) is 6.10. The Balaban J connectivity index is 2.68. The third-order valence-electron chi connectivity index (χ3n) is 0.329. The number of rotatable bonds is 4. The van der Waals surface area contributed by atoms with Crippen LogP contribution in [0.5, 0.6) is 0 Å². The maximum atomic E-state index is 9.11. The van der Waals surface area contributed by atoms with E-state index in [1.165, 1.54) is 0 Å². The minimum absolute atomic E-state index is 0.422. The highest BCUT2D eigenvalue weighted by atomic mass is 16.8. The average molecular weight is 102 g/mol. The van der Waals surface area contributed by atoms with Gasteiger partial charge in [0.15, 0.2) is 5.34 Å². The van der Waals surface area contributed by atoms with Crippen LogP contribution in [0.25, 0.3) is 0 Å². The molecular formula is C3H6N2O2. The minimum Gasteiger partial charge on any atom is -0.263 e. The van der Waals surface area contributed by atoms with Crippen LogP contribution in [-0.2, 0) is 4.94 Å². The summed E-state index contributed by atoms with van der Waals surface area (Å²) in [5.41, 5.74) is 2.19. The molecule has 1 N–H and O–H groups in total. The quantitative estimate of drug-likeness (QED) is 0.241. The summed E-state index contributed by atoms with van der Waals surface area (Å²) in [7, 11) is 0. The second-order valence-electron chi connectivity index (χ2n) is 0.803. The Hall–Kier alpha value is -0.900. The smallest absolute Gasteiger partial charge is 0.176 e. The molecule has 0 aromatic rings. The van der Waals surface area contributed by atoms with Crippen molar-refractivity contribution in [2.45, 2.75) is 0 Å². The second kappa shape index (κ2) is 5.10. The second-order valence-corrected chi connectivity index (χ2v) is 0.803. The van der Waals surface area contributed by atoms with E-state index in [1.54, 1.807) is 6.08 Å². The monoisotopic (exact) mass is 102 g/mol. The fraction of sp³-hybridized carbons (Fsp3) is 0.333. The maximum absolute atomic E-state index is 9.11. The fourth-order valence-electron chi connectivity index (χ4n) is 0.123. The molecule has 4 nitrogen and oxygen atoms in total. The van der Waals surface area contributed by atoms with E-state index in [0.29, 0.717) is 6.54 Å². The average Bonchev–Trinajstić information content (AvgIpc) is 1.69. The summed E-state index contributed by atoms with van der Waals surface area (Å²) in [6.07, 6.45) is 1.55. The predicted molar refractivity (Wildman–Crippen MR) is 25.1 cm³/mol. The lowest BCUT2D eigenvalue weighted by molar-refractivity contribution is 0.0506. The van der Waals surface area contributed by atoms with E-state index in [4.69, 9.17) is 4.91 Å². The molecule has 0 saturated carbocycles. The highest BCUT2D eigenvalue weighted by Crippen LogP contribution is 1.62. The van der Waals surface area contributed by atoms with Crippen molar-refractivity contribution in [1.29, 1.82) is 0 Å². The van der Waals surface area contributed by atoms with Crippen molar-refractivity contribution < 1.29 is 4.94 Å². The van der Waals surface area contributed by atoms with Crippen LogP contribution in [0.3, 0.4) is 0 Å². The lowest BCUT2D eigenvalue weighted by Crippen LogP contribution is -2.09. The Morgan fingerprint density at radius 2 is 2.71 bits per heavy atom. The number of hydroxylamine groups is 1. The van der Waals surface area contributed by atoms with Crippen molar-refractivity contribution in [2.24, 2.45) is 5.34 Å². The van der Waals surface area contributed by atoms with Crippen LogP contribution in [0.15, 0.2) is 18.0 Å². The van der Waals surface area contributed by atoms with Crippen LogP contribution >= 0.6 is 0 Å². The largest absolute Gasteiger partial charge is 0.263 e. The highest BCUT2D eigenvalue weighted by molar-refractivity contribution is 4.65. The van der Waals surface area contributed by atoms with Crippen molar-refractivity contribution in [1.82, 2.24) is 5.48 Å². The molecule has 0 rings (SSSR count). The lowest BCUT2D eigenvalue weighted by atomic mass is 10.7. The molecule has 0 saturated heterocycles. The number of hydrogen-bond donors (Lipinski definition) is 1. The molecule has 4 heteroatoms. The zero-order valence-corrected chi connectivity index (χ0v) is 3.76. The molecule has 0 radical (unpaired) electrons. The first-order valence-electron chi connectivity index (χ1n) is 1.74. The first-order valence-corrected chi connectivity index (χ1v) is 1.74. The van der Waals surface area contributed by atoms with Crippen molar-refractivity contribution in [3.8, 4) is 0 Å². The molecule has 0 fully saturated rings. The summed E-state index contributed by atoms with van der Waals surface area (Å²) in [5.74, 6) is 0. The van der Waals surface area contributed by atoms with E-state index < -0.39 is 0 Å². The Kier molecular flexibility index (Phi) is 4.44. The van der Waals surface area contributed by atoms with Gasteiger partial charge in [-0.15, -0.1) is 17.0 Å². The molecule has 0 aromatic heterocycles. The summed E-state index contributed by atoms with van der Waals surface area (Å²) < 4.78 is 0. The summed E-state index contributed by atoms with van der Waals surface area (Å²) in [5, 5.41) is 2.06. The summed E-state index contributed by atoms with van der Waals surface area (Å²) in [6.45, 7) is 3.77. The van der Waals surface area contributed by atoms with Gasteiger partial charge in [0.1, 0.15) is 0 Å². The molecule has 0 heterocycles. The molecule has 0 aliphatic heterocycles. The Labute approximate surface area is 41.0 Å². The van der Waals surface area contributed by atoms with Gasteiger partial charge in [-0.1, -0.05) is 6.08 Å². The van der Waals surface area contributed by atoms with Crippen LogP contribution in [0.1, 0.15) is 0 Å². The van der Waals surface area contributed by atoms with Gasteiger partial charge in [0.05, 0.1) is 6.54 Å². The van der Waals surface area contributed by atoms with Crippen LogP contribution in [-0.4, -0.2) is 6.54 Å². The molecule has 0 aliphatic rings. The Morgan fingerprint density at radius 1 is 2.00 bits per heavy atom. The van der Waals surface area contributed by atoms with Gasteiger partial charge >= 0.3 is 0 Å². The van der Waals surface area contributed by atoms with Crippen LogP contribution < -0.4 is 5.48 Å². The third-order valence-corrected chi connectivity index (χ3v) is 0.329. The van der Waals surface area contributed by atoms with Crippen molar-refractivity contribution in [3.05, 3.63) is 17.6 Å². The van der Waals surface area contributed by atoms with E-state index in [1.807, 2.05) is 0 Å². The predicted octanol–water partition coefficient (Wildman–Crippen LogP) is 0.375. The topological polar surface area (TPSA) is 50.7 Å². The minimum atomic E-state index is 0.422. The maximum Gasteiger partial charge on any atom is 0.176 e. The van der Waals surface area contributed by atoms with Gasteiger partial charge in [0.25, 0.3) is 0 Å². The first-order chi connectivity index (χ1) is 3.41. The summed E-state index contributed by atoms with van der Waals surface area (Å²) in [6, 6.07) is 0. The molecule has 0 unspecified atom stereocenters. The number of nitrogens with zero attached hydrogens (tertiary/aromatic N) is 1. The van der Waals surface area contributed by atoms with Crippen molar-refractivity contribution >= 4 is 0 Å². The summed E-state index contributed by atoms with van der Waals surface area (Å²) >= 11 is 0. The van der Waals surface area contributed by atoms with E-state index >= 15 is 0 Å². The number of hydrogen-bond acceptors (Lipinski definition) is 4. The van der Waals surface area contributed by atoms with Gasteiger partial charge in [0, 0.05) is 0 Å². The van der Waals surface area contributed by atoms with Gasteiger partial charge in [-0.05, 0) is 0 Å².